The lowest BCUT2D eigenvalue weighted by atomic mass is 10.2. The van der Waals surface area contributed by atoms with Crippen LogP contribution in [0.3, 0.4) is 0 Å². The maximum atomic E-state index is 12.7. The number of amides is 1. The number of nitrogens with zero attached hydrogens (tertiary/aromatic N) is 6. The van der Waals surface area contributed by atoms with Crippen molar-refractivity contribution in [1.29, 1.82) is 0 Å². The molecule has 14 nitrogen and oxygen atoms in total. The highest BCUT2D eigenvalue weighted by Crippen LogP contribution is 2.27. The van der Waals surface area contributed by atoms with Crippen LogP contribution in [0.2, 0.25) is 0 Å². The van der Waals surface area contributed by atoms with Crippen LogP contribution in [0.4, 0.5) is 5.82 Å². The average molecular weight is 444 g/mol. The van der Waals surface area contributed by atoms with Crippen LogP contribution in [0.25, 0.3) is 5.82 Å². The van der Waals surface area contributed by atoms with Crippen molar-refractivity contribution in [2.75, 3.05) is 26.9 Å². The standard InChI is InChI=1S/C18H21N9O5/c1-10(28)31-13-6-5-11(7-14(13)30-4)8-20-22-18(29)15-12(9-26(2)3)27(25-21-15)17-16(19)23-32-24-17/h5-8H,9H2,1-4H3,(H2,19,23)(H,22,29)/p+1/b20-8-. The van der Waals surface area contributed by atoms with Crippen LogP contribution in [-0.2, 0) is 11.3 Å². The second kappa shape index (κ2) is 9.65. The molecule has 0 aliphatic heterocycles. The van der Waals surface area contributed by atoms with Crippen LogP contribution in [0, 0.1) is 0 Å². The minimum atomic E-state index is -0.581. The molecular weight excluding hydrogens is 422 g/mol. The molecule has 14 heteroatoms. The molecule has 0 saturated carbocycles. The number of nitrogens with one attached hydrogen (secondary N) is 2. The first-order valence-corrected chi connectivity index (χ1v) is 9.32. The summed E-state index contributed by atoms with van der Waals surface area (Å²) in [5.74, 6) is -0.285. The Morgan fingerprint density at radius 3 is 2.72 bits per heavy atom. The normalized spacial score (nSPS) is 11.2. The third kappa shape index (κ3) is 5.04. The van der Waals surface area contributed by atoms with Crippen LogP contribution in [0.1, 0.15) is 28.7 Å². The number of hydrazone groups is 1. The first-order chi connectivity index (χ1) is 15.3. The molecule has 2 aromatic heterocycles. The summed E-state index contributed by atoms with van der Waals surface area (Å²) < 4.78 is 16.2. The van der Waals surface area contributed by atoms with Crippen LogP contribution < -0.4 is 25.5 Å². The SMILES string of the molecule is COc1cc(/C=N\NC(=O)c2nnn(-c3nonc3N)c2C[NH+](C)C)ccc1OC(C)=O. The van der Waals surface area contributed by atoms with Gasteiger partial charge in [0, 0.05) is 6.92 Å². The van der Waals surface area contributed by atoms with Gasteiger partial charge in [0.2, 0.25) is 11.6 Å². The Kier molecular flexibility index (Phi) is 6.74. The fourth-order valence-electron chi connectivity index (χ4n) is 2.70. The number of anilines is 1. The third-order valence-electron chi connectivity index (χ3n) is 4.02. The number of rotatable bonds is 8. The largest absolute Gasteiger partial charge is 0.493 e. The molecule has 4 N–H and O–H groups in total. The van der Waals surface area contributed by atoms with Crippen molar-refractivity contribution in [3.63, 3.8) is 0 Å². The van der Waals surface area contributed by atoms with E-state index in [1.54, 1.807) is 18.2 Å². The summed E-state index contributed by atoms with van der Waals surface area (Å²) in [6.07, 6.45) is 1.40. The monoisotopic (exact) mass is 444 g/mol. The molecule has 0 aliphatic rings. The van der Waals surface area contributed by atoms with E-state index in [9.17, 15) is 9.59 Å². The first kappa shape index (κ1) is 22.4. The Labute approximate surface area is 181 Å². The number of nitrogen functional groups attached to an aromatic ring is 1. The maximum Gasteiger partial charge on any atom is 0.308 e. The second-order valence-electron chi connectivity index (χ2n) is 6.86. The fraction of sp³-hybridized carbons (Fsp3) is 0.278. The average Bonchev–Trinajstić information content (AvgIpc) is 3.33. The quantitative estimate of drug-likeness (QED) is 0.162. The van der Waals surface area contributed by atoms with Gasteiger partial charge in [-0.25, -0.2) is 10.1 Å². The molecule has 0 atom stereocenters. The van der Waals surface area contributed by atoms with Crippen molar-refractivity contribution in [2.24, 2.45) is 5.10 Å². The zero-order chi connectivity index (χ0) is 23.3. The lowest BCUT2D eigenvalue weighted by Crippen LogP contribution is -3.04. The van der Waals surface area contributed by atoms with E-state index in [0.717, 1.165) is 4.90 Å². The Bertz CT molecular complexity index is 1150. The molecule has 1 aromatic carbocycles. The number of nitrogens with two attached hydrogens (primary N) is 1. The molecule has 3 rings (SSSR count). The van der Waals surface area contributed by atoms with Gasteiger partial charge in [-0.1, -0.05) is 5.21 Å². The topological polar surface area (TPSA) is 177 Å². The third-order valence-corrected chi connectivity index (χ3v) is 4.02. The van der Waals surface area contributed by atoms with Crippen LogP contribution >= 0.6 is 0 Å². The minimum absolute atomic E-state index is 0.0148. The molecular formula is C18H22N9O5+. The number of methoxy groups -OCH3 is 1. The summed E-state index contributed by atoms with van der Waals surface area (Å²) in [4.78, 5) is 24.8. The smallest absolute Gasteiger partial charge is 0.308 e. The number of quaternary nitrogens is 1. The molecule has 2 heterocycles. The molecule has 0 spiro atoms. The van der Waals surface area contributed by atoms with E-state index in [1.165, 1.54) is 24.9 Å². The van der Waals surface area contributed by atoms with E-state index in [4.69, 9.17) is 15.2 Å². The van der Waals surface area contributed by atoms with E-state index in [1.807, 2.05) is 14.1 Å². The van der Waals surface area contributed by atoms with E-state index >= 15 is 0 Å². The molecule has 168 valence electrons. The molecule has 0 saturated heterocycles. The number of hydrogen-bond donors (Lipinski definition) is 3. The van der Waals surface area contributed by atoms with Gasteiger partial charge >= 0.3 is 5.97 Å². The molecule has 3 aromatic rings. The summed E-state index contributed by atoms with van der Waals surface area (Å²) in [6, 6.07) is 4.81. The van der Waals surface area contributed by atoms with Crippen molar-refractivity contribution >= 4 is 23.9 Å². The van der Waals surface area contributed by atoms with Crippen molar-refractivity contribution in [2.45, 2.75) is 13.5 Å². The van der Waals surface area contributed by atoms with Crippen LogP contribution in [0.15, 0.2) is 27.9 Å². The summed E-state index contributed by atoms with van der Waals surface area (Å²) in [7, 11) is 5.24. The number of esters is 1. The van der Waals surface area contributed by atoms with Crippen LogP contribution in [-0.4, -0.2) is 64.6 Å². The zero-order valence-electron chi connectivity index (χ0n) is 17.8. The molecule has 0 aliphatic carbocycles. The lowest BCUT2D eigenvalue weighted by Gasteiger charge is -2.09. The maximum absolute atomic E-state index is 12.7. The van der Waals surface area contributed by atoms with Crippen LogP contribution in [0.5, 0.6) is 11.5 Å². The number of benzene rings is 1. The molecule has 0 fully saturated rings. The highest BCUT2D eigenvalue weighted by molar-refractivity contribution is 5.94. The summed E-state index contributed by atoms with van der Waals surface area (Å²) >= 11 is 0. The summed E-state index contributed by atoms with van der Waals surface area (Å²) in [5.41, 5.74) is 9.24. The number of hydrogen-bond acceptors (Lipinski definition) is 11. The van der Waals surface area contributed by atoms with Crippen molar-refractivity contribution < 1.29 is 28.6 Å². The summed E-state index contributed by atoms with van der Waals surface area (Å²) in [5, 5.41) is 19.1. The summed E-state index contributed by atoms with van der Waals surface area (Å²) in [6.45, 7) is 1.68. The van der Waals surface area contributed by atoms with Crippen molar-refractivity contribution in [3.05, 3.63) is 35.2 Å². The van der Waals surface area contributed by atoms with Gasteiger partial charge in [-0.3, -0.25) is 9.59 Å². The second-order valence-corrected chi connectivity index (χ2v) is 6.86. The molecule has 0 unspecified atom stereocenters. The van der Waals surface area contributed by atoms with Gasteiger partial charge in [-0.2, -0.15) is 9.78 Å². The van der Waals surface area contributed by atoms with Crippen molar-refractivity contribution in [3.8, 4) is 17.3 Å². The molecule has 0 bridgehead atoms. The number of carbonyl (C=O) groups is 2. The molecule has 32 heavy (non-hydrogen) atoms. The number of ether oxygens (including phenoxy) is 2. The van der Waals surface area contributed by atoms with E-state index in [-0.39, 0.29) is 23.1 Å². The van der Waals surface area contributed by atoms with Gasteiger partial charge in [0.15, 0.2) is 17.2 Å². The fourth-order valence-corrected chi connectivity index (χ4v) is 2.70. The van der Waals surface area contributed by atoms with E-state index in [2.05, 4.69) is 35.8 Å². The van der Waals surface area contributed by atoms with Gasteiger partial charge in [0.25, 0.3) is 5.91 Å². The van der Waals surface area contributed by atoms with Gasteiger partial charge in [-0.15, -0.1) is 5.10 Å². The van der Waals surface area contributed by atoms with Gasteiger partial charge in [0.05, 0.1) is 27.4 Å². The Balaban J connectivity index is 1.79. The highest BCUT2D eigenvalue weighted by Gasteiger charge is 2.25. The van der Waals surface area contributed by atoms with Gasteiger partial charge < -0.3 is 20.1 Å². The Hall–Kier alpha value is -4.33. The van der Waals surface area contributed by atoms with Crippen molar-refractivity contribution in [1.82, 2.24) is 30.7 Å². The Morgan fingerprint density at radius 2 is 2.09 bits per heavy atom. The van der Waals surface area contributed by atoms with Gasteiger partial charge in [0.1, 0.15) is 12.2 Å². The number of carbonyl (C=O) groups excluding carboxylic acids is 2. The molecule has 1 amide bonds. The Morgan fingerprint density at radius 1 is 1.31 bits per heavy atom. The molecule has 0 radical (unpaired) electrons. The minimum Gasteiger partial charge on any atom is -0.493 e. The lowest BCUT2D eigenvalue weighted by molar-refractivity contribution is -0.873. The van der Waals surface area contributed by atoms with E-state index in [0.29, 0.717) is 23.6 Å². The predicted molar refractivity (Wildman–Crippen MR) is 110 cm³/mol. The highest BCUT2D eigenvalue weighted by atomic mass is 16.6. The van der Waals surface area contributed by atoms with E-state index < -0.39 is 11.9 Å². The zero-order valence-corrected chi connectivity index (χ0v) is 17.8. The van der Waals surface area contributed by atoms with Gasteiger partial charge in [-0.05, 0) is 34.1 Å². The number of aromatic nitrogens is 5. The first-order valence-electron chi connectivity index (χ1n) is 9.32. The predicted octanol–water partition coefficient (Wildman–Crippen LogP) is -1.43.